The van der Waals surface area contributed by atoms with Crippen LogP contribution >= 0.6 is 15.9 Å². The number of sulfonamides is 1. The van der Waals surface area contributed by atoms with E-state index in [2.05, 4.69) is 15.9 Å². The summed E-state index contributed by atoms with van der Waals surface area (Å²) in [4.78, 5) is 0.175. The Morgan fingerprint density at radius 1 is 1.43 bits per heavy atom. The third kappa shape index (κ3) is 2.81. The minimum absolute atomic E-state index is 0.175. The van der Waals surface area contributed by atoms with Crippen LogP contribution in [0.25, 0.3) is 0 Å². The summed E-state index contributed by atoms with van der Waals surface area (Å²) in [6, 6.07) is 1.51. The van der Waals surface area contributed by atoms with E-state index in [1.165, 1.54) is 36.1 Å². The number of halogens is 1. The van der Waals surface area contributed by atoms with Crippen molar-refractivity contribution >= 4 is 26.0 Å². The number of hydrogen-bond acceptors (Lipinski definition) is 4. The second kappa shape index (κ2) is 5.68. The van der Waals surface area contributed by atoms with Crippen LogP contribution in [-0.2, 0) is 16.6 Å². The summed E-state index contributed by atoms with van der Waals surface area (Å²) in [5, 5.41) is 0. The van der Waals surface area contributed by atoms with Gasteiger partial charge in [0.05, 0.1) is 6.54 Å². The molecular weight excluding hydrogens is 356 g/mol. The Bertz CT molecular complexity index is 628. The molecule has 118 valence electrons. The molecule has 3 unspecified atom stereocenters. The van der Waals surface area contributed by atoms with Crippen molar-refractivity contribution in [2.45, 2.75) is 37.1 Å². The molecule has 0 spiro atoms. The first-order chi connectivity index (χ1) is 9.91. The van der Waals surface area contributed by atoms with Gasteiger partial charge in [-0.2, -0.15) is 0 Å². The first-order valence-corrected chi connectivity index (χ1v) is 9.59. The average molecular weight is 377 g/mol. The van der Waals surface area contributed by atoms with Crippen LogP contribution in [0, 0.1) is 17.8 Å². The van der Waals surface area contributed by atoms with Gasteiger partial charge in [-0.1, -0.05) is 6.42 Å². The van der Waals surface area contributed by atoms with Crippen molar-refractivity contribution in [3.05, 3.63) is 16.5 Å². The van der Waals surface area contributed by atoms with Crippen molar-refractivity contribution in [3.8, 4) is 0 Å². The predicted molar refractivity (Wildman–Crippen MR) is 83.1 cm³/mol. The molecule has 21 heavy (non-hydrogen) atoms. The lowest BCUT2D eigenvalue weighted by molar-refractivity contribution is 0.280. The van der Waals surface area contributed by atoms with Gasteiger partial charge < -0.3 is 10.2 Å². The Hall–Kier alpha value is -0.370. The zero-order valence-corrected chi connectivity index (χ0v) is 14.5. The fraction of sp³-hybridized carbons (Fsp3) is 0.714. The van der Waals surface area contributed by atoms with Gasteiger partial charge in [0.1, 0.15) is 10.7 Å². The van der Waals surface area contributed by atoms with E-state index >= 15 is 0 Å². The van der Waals surface area contributed by atoms with Crippen LogP contribution in [0.4, 0.5) is 0 Å². The molecule has 2 aliphatic carbocycles. The molecule has 2 saturated carbocycles. The van der Waals surface area contributed by atoms with E-state index in [1.807, 2.05) is 0 Å². The Morgan fingerprint density at radius 3 is 2.71 bits per heavy atom. The van der Waals surface area contributed by atoms with Crippen LogP contribution in [0.1, 0.15) is 31.4 Å². The van der Waals surface area contributed by atoms with Crippen LogP contribution in [0.2, 0.25) is 0 Å². The average Bonchev–Trinajstić information content (AvgIpc) is 3.13. The van der Waals surface area contributed by atoms with Gasteiger partial charge in [-0.05, 0) is 52.9 Å². The van der Waals surface area contributed by atoms with Crippen LogP contribution in [0.15, 0.2) is 20.0 Å². The smallest absolute Gasteiger partial charge is 0.247 e. The fourth-order valence-corrected chi connectivity index (χ4v) is 6.06. The van der Waals surface area contributed by atoms with Crippen molar-refractivity contribution in [2.75, 3.05) is 13.6 Å². The molecule has 3 atom stereocenters. The van der Waals surface area contributed by atoms with Gasteiger partial charge in [0.15, 0.2) is 4.67 Å². The van der Waals surface area contributed by atoms with Crippen molar-refractivity contribution in [1.29, 1.82) is 0 Å². The van der Waals surface area contributed by atoms with E-state index in [0.29, 0.717) is 24.1 Å². The molecule has 7 heteroatoms. The Morgan fingerprint density at radius 2 is 2.19 bits per heavy atom. The SMILES string of the molecule is CN(CC1CC2CCC1C2)S(=O)(=O)c1cc(CN)oc1Br. The molecule has 0 amide bonds. The maximum Gasteiger partial charge on any atom is 0.247 e. The highest BCUT2D eigenvalue weighted by Crippen LogP contribution is 2.48. The van der Waals surface area contributed by atoms with Gasteiger partial charge in [0.25, 0.3) is 0 Å². The Labute approximate surface area is 134 Å². The number of fused-ring (bicyclic) bond motifs is 2. The number of nitrogens with zero attached hydrogens (tertiary/aromatic N) is 1. The van der Waals surface area contributed by atoms with E-state index in [-0.39, 0.29) is 16.1 Å². The molecule has 2 aliphatic rings. The molecule has 0 aromatic carbocycles. The molecule has 2 N–H and O–H groups in total. The highest BCUT2D eigenvalue weighted by Gasteiger charge is 2.41. The fourth-order valence-electron chi connectivity index (χ4n) is 3.87. The number of hydrogen-bond donors (Lipinski definition) is 1. The molecule has 1 heterocycles. The lowest BCUT2D eigenvalue weighted by atomic mass is 9.89. The molecule has 0 aliphatic heterocycles. The Balaban J connectivity index is 1.76. The van der Waals surface area contributed by atoms with Crippen molar-refractivity contribution < 1.29 is 12.8 Å². The van der Waals surface area contributed by atoms with Gasteiger partial charge in [0.2, 0.25) is 10.0 Å². The zero-order valence-electron chi connectivity index (χ0n) is 12.1. The quantitative estimate of drug-likeness (QED) is 0.856. The number of rotatable bonds is 5. The molecule has 5 nitrogen and oxygen atoms in total. The molecule has 2 fully saturated rings. The lowest BCUT2D eigenvalue weighted by Crippen LogP contribution is -2.33. The summed E-state index contributed by atoms with van der Waals surface area (Å²) in [6.07, 6.45) is 5.04. The number of furan rings is 1. The molecule has 0 saturated heterocycles. The van der Waals surface area contributed by atoms with Crippen molar-refractivity contribution in [1.82, 2.24) is 4.31 Å². The second-order valence-electron chi connectivity index (χ2n) is 6.28. The van der Waals surface area contributed by atoms with E-state index in [9.17, 15) is 8.42 Å². The van der Waals surface area contributed by atoms with Crippen molar-refractivity contribution in [3.63, 3.8) is 0 Å². The molecular formula is C14H21BrN2O3S. The van der Waals surface area contributed by atoms with E-state index < -0.39 is 10.0 Å². The molecule has 0 radical (unpaired) electrons. The molecule has 3 rings (SSSR count). The highest BCUT2D eigenvalue weighted by molar-refractivity contribution is 9.10. The number of nitrogens with two attached hydrogens (primary N) is 1. The summed E-state index contributed by atoms with van der Waals surface area (Å²) >= 11 is 3.18. The van der Waals surface area contributed by atoms with Crippen LogP contribution in [0.5, 0.6) is 0 Å². The van der Waals surface area contributed by atoms with Gasteiger partial charge in [-0.3, -0.25) is 0 Å². The van der Waals surface area contributed by atoms with Crippen LogP contribution in [0.3, 0.4) is 0 Å². The maximum atomic E-state index is 12.7. The minimum atomic E-state index is -3.53. The highest BCUT2D eigenvalue weighted by atomic mass is 79.9. The normalized spacial score (nSPS) is 28.7. The standard InChI is InChI=1S/C14H21BrN2O3S/c1-17(8-11-5-9-2-3-10(11)4-9)21(18,19)13-6-12(7-16)20-14(13)15/h6,9-11H,2-5,7-8,16H2,1H3. The second-order valence-corrected chi connectivity index (χ2v) is 9.01. The summed E-state index contributed by atoms with van der Waals surface area (Å²) in [7, 11) is -1.87. The summed E-state index contributed by atoms with van der Waals surface area (Å²) in [6.45, 7) is 0.781. The summed E-state index contributed by atoms with van der Waals surface area (Å²) in [5.74, 6) is 2.50. The molecule has 2 bridgehead atoms. The topological polar surface area (TPSA) is 76.5 Å². The zero-order chi connectivity index (χ0) is 15.2. The van der Waals surface area contributed by atoms with Gasteiger partial charge >= 0.3 is 0 Å². The third-order valence-corrected chi connectivity index (χ3v) is 7.65. The van der Waals surface area contributed by atoms with Gasteiger partial charge in [0, 0.05) is 19.7 Å². The largest absolute Gasteiger partial charge is 0.452 e. The van der Waals surface area contributed by atoms with Crippen LogP contribution in [-0.4, -0.2) is 26.3 Å². The van der Waals surface area contributed by atoms with E-state index in [0.717, 1.165) is 5.92 Å². The monoisotopic (exact) mass is 376 g/mol. The van der Waals surface area contributed by atoms with Crippen molar-refractivity contribution in [2.24, 2.45) is 23.5 Å². The van der Waals surface area contributed by atoms with Gasteiger partial charge in [-0.15, -0.1) is 0 Å². The molecule has 1 aromatic heterocycles. The lowest BCUT2D eigenvalue weighted by Gasteiger charge is -2.26. The molecule has 1 aromatic rings. The van der Waals surface area contributed by atoms with E-state index in [1.54, 1.807) is 7.05 Å². The predicted octanol–water partition coefficient (Wildman–Crippen LogP) is 2.56. The first-order valence-electron chi connectivity index (χ1n) is 7.36. The maximum absolute atomic E-state index is 12.7. The summed E-state index contributed by atoms with van der Waals surface area (Å²) < 4.78 is 32.4. The minimum Gasteiger partial charge on any atom is -0.452 e. The van der Waals surface area contributed by atoms with E-state index in [4.69, 9.17) is 10.2 Å². The van der Waals surface area contributed by atoms with Crippen LogP contribution < -0.4 is 5.73 Å². The third-order valence-electron chi connectivity index (χ3n) is 4.97. The Kier molecular flexibility index (Phi) is 4.20. The first kappa shape index (κ1) is 15.5. The summed E-state index contributed by atoms with van der Waals surface area (Å²) in [5.41, 5.74) is 5.50. The van der Waals surface area contributed by atoms with Gasteiger partial charge in [-0.25, -0.2) is 12.7 Å².